The predicted octanol–water partition coefficient (Wildman–Crippen LogP) is 16.0. The fourth-order valence-electron chi connectivity index (χ4n) is 8.65. The summed E-state index contributed by atoms with van der Waals surface area (Å²) in [6.45, 7) is 9.32. The van der Waals surface area contributed by atoms with Crippen LogP contribution in [0.25, 0.3) is 82.8 Å². The molecule has 4 aromatic heterocycles. The molecule has 4 heterocycles. The Morgan fingerprint density at radius 3 is 1.06 bits per heavy atom. The van der Waals surface area contributed by atoms with Gasteiger partial charge in [0.2, 0.25) is 0 Å². The normalized spacial score (nSPS) is 12.2. The highest BCUT2D eigenvalue weighted by molar-refractivity contribution is 7.24. The van der Waals surface area contributed by atoms with Crippen LogP contribution in [-0.2, 0) is 25.7 Å². The van der Waals surface area contributed by atoms with Gasteiger partial charge in [0.25, 0.3) is 0 Å². The molecule has 0 fully saturated rings. The van der Waals surface area contributed by atoms with Gasteiger partial charge in [-0.2, -0.15) is 0 Å². The molecule has 0 N–H and O–H groups in total. The minimum absolute atomic E-state index is 1.14. The van der Waals surface area contributed by atoms with Gasteiger partial charge >= 0.3 is 0 Å². The molecule has 9 rings (SSSR count). The molecule has 0 aliphatic rings. The van der Waals surface area contributed by atoms with Gasteiger partial charge in [0.1, 0.15) is 0 Å². The maximum absolute atomic E-state index is 2.54. The quantitative estimate of drug-likeness (QED) is 0.123. The van der Waals surface area contributed by atoms with E-state index in [1.54, 1.807) is 22.3 Å². The first-order valence-electron chi connectivity index (χ1n) is 18.5. The van der Waals surface area contributed by atoms with Crippen LogP contribution in [0.1, 0.15) is 75.6 Å². The Hall–Kier alpha value is -3.54. The third-order valence-electron chi connectivity index (χ3n) is 10.6. The Bertz CT molecular complexity index is 2460. The molecule has 0 saturated carbocycles. The number of benzene rings is 5. The minimum atomic E-state index is 1.14. The molecular weight excluding hydrogens is 681 g/mol. The monoisotopic (exact) mass is 722 g/mol. The SMILES string of the molecule is CCCc1c(CCC)c2sc(-c3c4ccccc4c(-c4cc5c(s4)c(CCC)c(CCC)c4sccc45)c4ccccc34)cc2c2ccsc12. The molecule has 50 heavy (non-hydrogen) atoms. The average molecular weight is 723 g/mol. The second kappa shape index (κ2) is 13.2. The highest BCUT2D eigenvalue weighted by Gasteiger charge is 2.24. The van der Waals surface area contributed by atoms with E-state index >= 15 is 0 Å². The molecule has 4 heteroatoms. The molecule has 0 amide bonds. The highest BCUT2D eigenvalue weighted by Crippen LogP contribution is 2.52. The molecule has 250 valence electrons. The molecule has 0 aliphatic heterocycles. The van der Waals surface area contributed by atoms with Crippen molar-refractivity contribution in [1.29, 1.82) is 0 Å². The van der Waals surface area contributed by atoms with Crippen LogP contribution in [0.3, 0.4) is 0 Å². The van der Waals surface area contributed by atoms with Crippen LogP contribution in [0, 0.1) is 0 Å². The summed E-state index contributed by atoms with van der Waals surface area (Å²) in [4.78, 5) is 2.78. The summed E-state index contributed by atoms with van der Waals surface area (Å²) in [5, 5.41) is 15.8. The van der Waals surface area contributed by atoms with E-state index in [9.17, 15) is 0 Å². The molecule has 0 spiro atoms. The van der Waals surface area contributed by atoms with Crippen molar-refractivity contribution in [1.82, 2.24) is 0 Å². The van der Waals surface area contributed by atoms with E-state index in [1.807, 2.05) is 45.3 Å². The fraction of sp³-hybridized carbons (Fsp3) is 0.261. The zero-order valence-electron chi connectivity index (χ0n) is 29.4. The van der Waals surface area contributed by atoms with E-state index in [1.165, 1.54) is 108 Å². The molecular formula is C46H42S4. The highest BCUT2D eigenvalue weighted by atomic mass is 32.1. The molecule has 0 nitrogen and oxygen atoms in total. The third-order valence-corrected chi connectivity index (χ3v) is 15.0. The Morgan fingerprint density at radius 2 is 0.720 bits per heavy atom. The lowest BCUT2D eigenvalue weighted by Crippen LogP contribution is -1.95. The van der Waals surface area contributed by atoms with Crippen LogP contribution in [0.2, 0.25) is 0 Å². The Kier molecular flexibility index (Phi) is 8.56. The zero-order valence-corrected chi connectivity index (χ0v) is 32.6. The molecule has 5 aromatic carbocycles. The first kappa shape index (κ1) is 32.4. The third kappa shape index (κ3) is 4.93. The maximum atomic E-state index is 2.54. The Balaban J connectivity index is 1.35. The minimum Gasteiger partial charge on any atom is -0.143 e. The van der Waals surface area contributed by atoms with Crippen molar-refractivity contribution in [2.24, 2.45) is 0 Å². The van der Waals surface area contributed by atoms with Crippen molar-refractivity contribution < 1.29 is 0 Å². The average Bonchev–Trinajstić information content (AvgIpc) is 3.96. The van der Waals surface area contributed by atoms with Gasteiger partial charge < -0.3 is 0 Å². The van der Waals surface area contributed by atoms with Gasteiger partial charge in [0, 0.05) is 61.2 Å². The number of fused-ring (bicyclic) bond motifs is 8. The van der Waals surface area contributed by atoms with Crippen LogP contribution < -0.4 is 0 Å². The van der Waals surface area contributed by atoms with Gasteiger partial charge in [0.15, 0.2) is 0 Å². The van der Waals surface area contributed by atoms with Crippen molar-refractivity contribution in [2.45, 2.75) is 79.1 Å². The number of aryl methyl sites for hydroxylation is 4. The first-order valence-corrected chi connectivity index (χ1v) is 21.9. The number of thiophene rings is 4. The van der Waals surface area contributed by atoms with Crippen LogP contribution >= 0.6 is 45.3 Å². The zero-order chi connectivity index (χ0) is 33.9. The van der Waals surface area contributed by atoms with E-state index < -0.39 is 0 Å². The summed E-state index contributed by atoms with van der Waals surface area (Å²) in [5.74, 6) is 0. The summed E-state index contributed by atoms with van der Waals surface area (Å²) in [6, 6.07) is 28.3. The van der Waals surface area contributed by atoms with Crippen molar-refractivity contribution in [3.63, 3.8) is 0 Å². The topological polar surface area (TPSA) is 0 Å². The van der Waals surface area contributed by atoms with E-state index in [2.05, 4.69) is 111 Å². The molecule has 0 saturated heterocycles. The van der Waals surface area contributed by atoms with Gasteiger partial charge in [-0.1, -0.05) is 102 Å². The summed E-state index contributed by atoms with van der Waals surface area (Å²) in [7, 11) is 0. The predicted molar refractivity (Wildman–Crippen MR) is 230 cm³/mol. The lowest BCUT2D eigenvalue weighted by molar-refractivity contribution is 0.877. The van der Waals surface area contributed by atoms with Crippen molar-refractivity contribution in [3.05, 3.63) is 106 Å². The lowest BCUT2D eigenvalue weighted by Gasteiger charge is -2.15. The van der Waals surface area contributed by atoms with E-state index in [0.717, 1.165) is 25.7 Å². The second-order valence-electron chi connectivity index (χ2n) is 13.8. The van der Waals surface area contributed by atoms with Gasteiger partial charge in [-0.25, -0.2) is 0 Å². The molecule has 0 bridgehead atoms. The van der Waals surface area contributed by atoms with E-state index in [4.69, 9.17) is 0 Å². The van der Waals surface area contributed by atoms with Gasteiger partial charge in [-0.05, 0) is 105 Å². The van der Waals surface area contributed by atoms with Gasteiger partial charge in [-0.3, -0.25) is 0 Å². The molecule has 9 aromatic rings. The standard InChI is InChI=1S/C46H42S4/c1-5-13-31-33(15-7-3)45-37(35-21-23-47-43(31)35)25-39(49-45)41-27-17-9-11-19-29(27)42(30-20-12-10-18-28(30)41)40-26-38-36-22-24-48-44(36)32(14-6-2)34(16-8-4)46(38)50-40/h9-12,17-26H,5-8,13-16H2,1-4H3. The first-order chi connectivity index (χ1) is 24.7. The van der Waals surface area contributed by atoms with Crippen LogP contribution in [-0.4, -0.2) is 0 Å². The molecule has 0 atom stereocenters. The summed E-state index contributed by atoms with van der Waals surface area (Å²) in [6.07, 6.45) is 9.30. The summed E-state index contributed by atoms with van der Waals surface area (Å²) in [5.41, 5.74) is 9.16. The van der Waals surface area contributed by atoms with E-state index in [-0.39, 0.29) is 0 Å². The lowest BCUT2D eigenvalue weighted by atomic mass is 9.89. The second-order valence-corrected chi connectivity index (χ2v) is 17.7. The van der Waals surface area contributed by atoms with Gasteiger partial charge in [0.05, 0.1) is 0 Å². The summed E-state index contributed by atoms with van der Waals surface area (Å²) >= 11 is 7.94. The summed E-state index contributed by atoms with van der Waals surface area (Å²) < 4.78 is 6.02. The van der Waals surface area contributed by atoms with Crippen molar-refractivity contribution >= 4 is 107 Å². The van der Waals surface area contributed by atoms with Crippen LogP contribution in [0.4, 0.5) is 0 Å². The van der Waals surface area contributed by atoms with Crippen LogP contribution in [0.5, 0.6) is 0 Å². The Morgan fingerprint density at radius 1 is 0.380 bits per heavy atom. The number of hydrogen-bond acceptors (Lipinski definition) is 4. The van der Waals surface area contributed by atoms with E-state index in [0.29, 0.717) is 0 Å². The smallest absolute Gasteiger partial charge is 0.0391 e. The van der Waals surface area contributed by atoms with Crippen LogP contribution in [0.15, 0.2) is 83.6 Å². The molecule has 0 aliphatic carbocycles. The maximum Gasteiger partial charge on any atom is 0.0391 e. The number of hydrogen-bond donors (Lipinski definition) is 0. The number of rotatable bonds is 10. The molecule has 0 radical (unpaired) electrons. The Labute approximate surface area is 311 Å². The van der Waals surface area contributed by atoms with Crippen molar-refractivity contribution in [3.8, 4) is 20.9 Å². The largest absolute Gasteiger partial charge is 0.143 e. The van der Waals surface area contributed by atoms with Crippen molar-refractivity contribution in [2.75, 3.05) is 0 Å². The fourth-order valence-corrected chi connectivity index (χ4v) is 13.4. The van der Waals surface area contributed by atoms with Gasteiger partial charge in [-0.15, -0.1) is 45.3 Å². The molecule has 0 unspecified atom stereocenters.